The second kappa shape index (κ2) is 9.93. The van der Waals surface area contributed by atoms with Crippen LogP contribution in [0.3, 0.4) is 0 Å². The van der Waals surface area contributed by atoms with Crippen molar-refractivity contribution in [3.63, 3.8) is 0 Å². The molecule has 2 N–H and O–H groups in total. The minimum atomic E-state index is -0.444. The molecule has 152 valence electrons. The topological polar surface area (TPSA) is 76.7 Å². The molecule has 0 fully saturated rings. The second-order valence-corrected chi connectivity index (χ2v) is 6.33. The number of carbonyl (C=O) groups is 2. The summed E-state index contributed by atoms with van der Waals surface area (Å²) < 4.78 is 10.3. The molecule has 6 heteroatoms. The summed E-state index contributed by atoms with van der Waals surface area (Å²) in [6.07, 6.45) is 1.61. The van der Waals surface area contributed by atoms with Crippen molar-refractivity contribution in [2.45, 2.75) is 0 Å². The van der Waals surface area contributed by atoms with Crippen LogP contribution in [0.2, 0.25) is 0 Å². The molecule has 0 aromatic heterocycles. The van der Waals surface area contributed by atoms with Crippen molar-refractivity contribution in [3.05, 3.63) is 95.7 Å². The van der Waals surface area contributed by atoms with Gasteiger partial charge in [-0.3, -0.25) is 9.59 Å². The third-order valence-electron chi connectivity index (χ3n) is 4.30. The molecule has 0 saturated carbocycles. The van der Waals surface area contributed by atoms with Gasteiger partial charge in [-0.05, 0) is 60.2 Å². The first-order valence-electron chi connectivity index (χ1n) is 9.26. The molecule has 0 aliphatic rings. The molecule has 30 heavy (non-hydrogen) atoms. The van der Waals surface area contributed by atoms with Crippen molar-refractivity contribution in [3.8, 4) is 11.5 Å². The van der Waals surface area contributed by atoms with Gasteiger partial charge in [-0.1, -0.05) is 30.3 Å². The Morgan fingerprint density at radius 2 is 1.33 bits per heavy atom. The van der Waals surface area contributed by atoms with Gasteiger partial charge in [-0.25, -0.2) is 0 Å². The van der Waals surface area contributed by atoms with E-state index in [1.54, 1.807) is 93.1 Å². The molecule has 0 aliphatic carbocycles. The summed E-state index contributed by atoms with van der Waals surface area (Å²) in [5.74, 6) is 0.560. The molecule has 3 aromatic carbocycles. The number of amides is 2. The highest BCUT2D eigenvalue weighted by atomic mass is 16.5. The van der Waals surface area contributed by atoms with E-state index in [-0.39, 0.29) is 11.6 Å². The maximum absolute atomic E-state index is 12.9. The highest BCUT2D eigenvalue weighted by molar-refractivity contribution is 6.10. The second-order valence-electron chi connectivity index (χ2n) is 6.33. The zero-order chi connectivity index (χ0) is 21.3. The van der Waals surface area contributed by atoms with Crippen molar-refractivity contribution in [2.24, 2.45) is 0 Å². The molecule has 0 bridgehead atoms. The van der Waals surface area contributed by atoms with Crippen LogP contribution in [0.1, 0.15) is 15.9 Å². The van der Waals surface area contributed by atoms with Gasteiger partial charge in [0.1, 0.15) is 17.2 Å². The standard InChI is InChI=1S/C24H22N2O4/c1-29-20-12-8-17(9-13-20)16-22(26-23(27)18-6-4-3-5-7-18)24(28)25-19-10-14-21(30-2)15-11-19/h3-16H,1-2H3,(H,25,28)(H,26,27)/b22-16-. The summed E-state index contributed by atoms with van der Waals surface area (Å²) in [7, 11) is 3.15. The lowest BCUT2D eigenvalue weighted by Gasteiger charge is -2.12. The minimum absolute atomic E-state index is 0.116. The lowest BCUT2D eigenvalue weighted by molar-refractivity contribution is -0.113. The molecule has 3 rings (SSSR count). The molecule has 0 aliphatic heterocycles. The molecule has 0 unspecified atom stereocenters. The number of anilines is 1. The first kappa shape index (κ1) is 20.7. The highest BCUT2D eigenvalue weighted by Gasteiger charge is 2.15. The quantitative estimate of drug-likeness (QED) is 0.583. The number of rotatable bonds is 7. The summed E-state index contributed by atoms with van der Waals surface area (Å²) in [6.45, 7) is 0. The Kier molecular flexibility index (Phi) is 6.84. The minimum Gasteiger partial charge on any atom is -0.497 e. The largest absolute Gasteiger partial charge is 0.497 e. The van der Waals surface area contributed by atoms with Crippen LogP contribution in [0.15, 0.2) is 84.6 Å². The third kappa shape index (κ3) is 5.48. The van der Waals surface area contributed by atoms with Gasteiger partial charge in [-0.2, -0.15) is 0 Å². The normalized spacial score (nSPS) is 10.8. The average Bonchev–Trinajstić information content (AvgIpc) is 2.80. The molecular weight excluding hydrogens is 380 g/mol. The molecule has 0 heterocycles. The molecular formula is C24H22N2O4. The average molecular weight is 402 g/mol. The zero-order valence-electron chi connectivity index (χ0n) is 16.7. The zero-order valence-corrected chi connectivity index (χ0v) is 16.7. The van der Waals surface area contributed by atoms with E-state index in [0.29, 0.717) is 22.7 Å². The summed E-state index contributed by atoms with van der Waals surface area (Å²) >= 11 is 0. The van der Waals surface area contributed by atoms with Crippen molar-refractivity contribution < 1.29 is 19.1 Å². The van der Waals surface area contributed by atoms with Crippen molar-refractivity contribution in [1.29, 1.82) is 0 Å². The number of ether oxygens (including phenoxy) is 2. The maximum Gasteiger partial charge on any atom is 0.272 e. The molecule has 0 radical (unpaired) electrons. The Morgan fingerprint density at radius 1 is 0.767 bits per heavy atom. The number of benzene rings is 3. The van der Waals surface area contributed by atoms with Crippen molar-refractivity contribution in [1.82, 2.24) is 5.32 Å². The van der Waals surface area contributed by atoms with E-state index in [1.807, 2.05) is 6.07 Å². The van der Waals surface area contributed by atoms with E-state index in [1.165, 1.54) is 0 Å². The Morgan fingerprint density at radius 3 is 1.90 bits per heavy atom. The molecule has 0 atom stereocenters. The van der Waals surface area contributed by atoms with Crippen LogP contribution < -0.4 is 20.1 Å². The number of hydrogen-bond acceptors (Lipinski definition) is 4. The van der Waals surface area contributed by atoms with Gasteiger partial charge in [-0.15, -0.1) is 0 Å². The van der Waals surface area contributed by atoms with Crippen molar-refractivity contribution in [2.75, 3.05) is 19.5 Å². The molecule has 0 spiro atoms. The fourth-order valence-corrected chi connectivity index (χ4v) is 2.68. The van der Waals surface area contributed by atoms with E-state index < -0.39 is 5.91 Å². The van der Waals surface area contributed by atoms with E-state index in [0.717, 1.165) is 5.56 Å². The van der Waals surface area contributed by atoms with Crippen LogP contribution in [0.4, 0.5) is 5.69 Å². The summed E-state index contributed by atoms with van der Waals surface area (Å²) in [6, 6.07) is 22.8. The lowest BCUT2D eigenvalue weighted by Crippen LogP contribution is -2.30. The first-order valence-corrected chi connectivity index (χ1v) is 9.26. The fraction of sp³-hybridized carbons (Fsp3) is 0.0833. The van der Waals surface area contributed by atoms with E-state index in [2.05, 4.69) is 10.6 Å². The van der Waals surface area contributed by atoms with Gasteiger partial charge in [0.05, 0.1) is 14.2 Å². The van der Waals surface area contributed by atoms with Crippen LogP contribution in [-0.4, -0.2) is 26.0 Å². The van der Waals surface area contributed by atoms with Gasteiger partial charge in [0.15, 0.2) is 0 Å². The van der Waals surface area contributed by atoms with Gasteiger partial charge in [0.2, 0.25) is 0 Å². The van der Waals surface area contributed by atoms with Gasteiger partial charge < -0.3 is 20.1 Å². The molecule has 6 nitrogen and oxygen atoms in total. The van der Waals surface area contributed by atoms with E-state index in [9.17, 15) is 9.59 Å². The van der Waals surface area contributed by atoms with Crippen LogP contribution >= 0.6 is 0 Å². The molecule has 2 amide bonds. The predicted octanol–water partition coefficient (Wildman–Crippen LogP) is 4.11. The molecule has 3 aromatic rings. The van der Waals surface area contributed by atoms with Crippen LogP contribution in [0, 0.1) is 0 Å². The summed E-state index contributed by atoms with van der Waals surface area (Å²) in [4.78, 5) is 25.5. The smallest absolute Gasteiger partial charge is 0.272 e. The summed E-state index contributed by atoms with van der Waals surface area (Å²) in [5.41, 5.74) is 1.89. The Bertz CT molecular complexity index is 1030. The monoisotopic (exact) mass is 402 g/mol. The SMILES string of the molecule is COc1ccc(/C=C(\NC(=O)c2ccccc2)C(=O)Nc2ccc(OC)cc2)cc1. The number of nitrogens with one attached hydrogen (secondary N) is 2. The number of carbonyl (C=O) groups excluding carboxylic acids is 2. The van der Waals surface area contributed by atoms with Gasteiger partial charge >= 0.3 is 0 Å². The lowest BCUT2D eigenvalue weighted by atomic mass is 10.1. The predicted molar refractivity (Wildman–Crippen MR) is 117 cm³/mol. The van der Waals surface area contributed by atoms with Gasteiger partial charge in [0, 0.05) is 11.3 Å². The van der Waals surface area contributed by atoms with Crippen LogP contribution in [0.25, 0.3) is 6.08 Å². The van der Waals surface area contributed by atoms with Crippen LogP contribution in [0.5, 0.6) is 11.5 Å². The van der Waals surface area contributed by atoms with E-state index in [4.69, 9.17) is 9.47 Å². The Hall–Kier alpha value is -4.06. The maximum atomic E-state index is 12.9. The fourth-order valence-electron chi connectivity index (χ4n) is 2.68. The van der Waals surface area contributed by atoms with Crippen LogP contribution in [-0.2, 0) is 4.79 Å². The first-order chi connectivity index (χ1) is 14.6. The Balaban J connectivity index is 1.85. The van der Waals surface area contributed by atoms with E-state index >= 15 is 0 Å². The van der Waals surface area contributed by atoms with Gasteiger partial charge in [0.25, 0.3) is 11.8 Å². The number of hydrogen-bond donors (Lipinski definition) is 2. The molecule has 0 saturated heterocycles. The van der Waals surface area contributed by atoms with Crippen molar-refractivity contribution >= 4 is 23.6 Å². The third-order valence-corrected chi connectivity index (χ3v) is 4.30. The highest BCUT2D eigenvalue weighted by Crippen LogP contribution is 2.17. The number of methoxy groups -OCH3 is 2. The summed E-state index contributed by atoms with van der Waals surface area (Å²) in [5, 5.41) is 5.50. The Labute approximate surface area is 175 Å².